The first kappa shape index (κ1) is 12.6. The number of carboxylic acids is 1. The Morgan fingerprint density at radius 3 is 2.30 bits per heavy atom. The molecule has 0 aromatic rings. The van der Waals surface area contributed by atoms with E-state index in [-0.39, 0.29) is 17.1 Å². The van der Waals surface area contributed by atoms with Gasteiger partial charge in [-0.25, -0.2) is 0 Å². The number of unbranched alkanes of at least 4 members (excludes halogenated alkanes) is 3. The Labute approximate surface area is 72.5 Å². The number of rotatable bonds is 5. The van der Waals surface area contributed by atoms with Crippen LogP contribution >= 0.6 is 0 Å². The van der Waals surface area contributed by atoms with Gasteiger partial charge in [0, 0.05) is 23.5 Å². The molecule has 0 aromatic carbocycles. The van der Waals surface area contributed by atoms with Crippen molar-refractivity contribution < 1.29 is 27.0 Å². The van der Waals surface area contributed by atoms with Gasteiger partial charge in [0.25, 0.3) is 0 Å². The number of hydrogen-bond acceptors (Lipinski definition) is 1. The Kier molecular flexibility index (Phi) is 11.4. The fraction of sp³-hybridized carbons (Fsp3) is 0.857. The zero-order valence-electron chi connectivity index (χ0n) is 6.24. The number of hydrogen-bond donors (Lipinski definition) is 1. The van der Waals surface area contributed by atoms with Crippen molar-refractivity contribution in [2.24, 2.45) is 0 Å². The fourth-order valence-corrected chi connectivity index (χ4v) is 0.703. The first-order valence-electron chi connectivity index (χ1n) is 3.49. The Hall–Kier alpha value is -0.0105. The van der Waals surface area contributed by atoms with Gasteiger partial charge in [-0.1, -0.05) is 26.2 Å². The minimum atomic E-state index is -0.675. The largest absolute Gasteiger partial charge is 0.481 e. The molecule has 0 unspecified atom stereocenters. The second-order valence-electron chi connectivity index (χ2n) is 2.20. The summed E-state index contributed by atoms with van der Waals surface area (Å²) in [7, 11) is 0. The fourth-order valence-electron chi connectivity index (χ4n) is 0.703. The molecule has 0 radical (unpaired) electrons. The van der Waals surface area contributed by atoms with E-state index in [0.29, 0.717) is 6.42 Å². The summed E-state index contributed by atoms with van der Waals surface area (Å²) < 4.78 is 0. The second kappa shape index (κ2) is 8.99. The molecule has 2 nitrogen and oxygen atoms in total. The minimum Gasteiger partial charge on any atom is -0.481 e. The van der Waals surface area contributed by atoms with Crippen LogP contribution in [0.5, 0.6) is 0 Å². The van der Waals surface area contributed by atoms with Crippen LogP contribution in [0.25, 0.3) is 0 Å². The van der Waals surface area contributed by atoms with Gasteiger partial charge in [0.15, 0.2) is 0 Å². The van der Waals surface area contributed by atoms with E-state index in [1.54, 1.807) is 0 Å². The van der Waals surface area contributed by atoms with Gasteiger partial charge >= 0.3 is 5.97 Å². The van der Waals surface area contributed by atoms with Gasteiger partial charge in [0.1, 0.15) is 0 Å². The van der Waals surface area contributed by atoms with Gasteiger partial charge in [0.2, 0.25) is 0 Å². The molecule has 0 saturated heterocycles. The summed E-state index contributed by atoms with van der Waals surface area (Å²) in [5.41, 5.74) is 0. The van der Waals surface area contributed by atoms with E-state index in [0.717, 1.165) is 19.3 Å². The van der Waals surface area contributed by atoms with E-state index in [2.05, 4.69) is 6.92 Å². The summed E-state index contributed by atoms with van der Waals surface area (Å²) in [6.45, 7) is 2.11. The number of carboxylic acid groups (broad SMARTS) is 1. The van der Waals surface area contributed by atoms with E-state index < -0.39 is 5.97 Å². The smallest absolute Gasteiger partial charge is 0.303 e. The van der Waals surface area contributed by atoms with Crippen LogP contribution in [-0.2, 0) is 21.9 Å². The predicted octanol–water partition coefficient (Wildman–Crippen LogP) is 2.04. The molecule has 3 heteroatoms. The van der Waals surface area contributed by atoms with Crippen LogP contribution in [-0.4, -0.2) is 11.1 Å². The zero-order chi connectivity index (χ0) is 7.11. The Morgan fingerprint density at radius 1 is 1.30 bits per heavy atom. The SMILES string of the molecule is CCCCCCC(=O)O.[Fe]. The van der Waals surface area contributed by atoms with Crippen molar-refractivity contribution in [3.63, 3.8) is 0 Å². The molecule has 0 atom stereocenters. The molecular weight excluding hydrogens is 172 g/mol. The van der Waals surface area contributed by atoms with Crippen molar-refractivity contribution in [1.82, 2.24) is 0 Å². The maximum Gasteiger partial charge on any atom is 0.303 e. The van der Waals surface area contributed by atoms with Crippen molar-refractivity contribution in [2.75, 3.05) is 0 Å². The topological polar surface area (TPSA) is 37.3 Å². The van der Waals surface area contributed by atoms with Crippen molar-refractivity contribution in [3.8, 4) is 0 Å². The number of aliphatic carboxylic acids is 1. The Bertz CT molecular complexity index is 83.7. The molecule has 0 aliphatic carbocycles. The maximum atomic E-state index is 9.96. The molecule has 0 aliphatic heterocycles. The molecule has 0 amide bonds. The van der Waals surface area contributed by atoms with Crippen molar-refractivity contribution in [1.29, 1.82) is 0 Å². The molecule has 62 valence electrons. The molecule has 10 heavy (non-hydrogen) atoms. The van der Waals surface area contributed by atoms with E-state index in [4.69, 9.17) is 5.11 Å². The third-order valence-electron chi connectivity index (χ3n) is 1.24. The Balaban J connectivity index is 0. The Morgan fingerprint density at radius 2 is 1.90 bits per heavy atom. The molecular formula is C7H14FeO2. The first-order valence-corrected chi connectivity index (χ1v) is 3.49. The summed E-state index contributed by atoms with van der Waals surface area (Å²) in [5, 5.41) is 8.21. The van der Waals surface area contributed by atoms with E-state index in [9.17, 15) is 4.79 Å². The van der Waals surface area contributed by atoms with Crippen LogP contribution in [0, 0.1) is 0 Å². The zero-order valence-corrected chi connectivity index (χ0v) is 7.35. The summed E-state index contributed by atoms with van der Waals surface area (Å²) in [6, 6.07) is 0. The van der Waals surface area contributed by atoms with Crippen LogP contribution in [0.4, 0.5) is 0 Å². The third kappa shape index (κ3) is 10.9. The molecule has 0 aromatic heterocycles. The predicted molar refractivity (Wildman–Crippen MR) is 36.4 cm³/mol. The second-order valence-corrected chi connectivity index (χ2v) is 2.20. The summed E-state index contributed by atoms with van der Waals surface area (Å²) in [4.78, 5) is 9.96. The van der Waals surface area contributed by atoms with E-state index in [1.165, 1.54) is 6.42 Å². The molecule has 0 bridgehead atoms. The summed E-state index contributed by atoms with van der Waals surface area (Å²) in [6.07, 6.45) is 4.55. The van der Waals surface area contributed by atoms with Gasteiger partial charge in [-0.05, 0) is 6.42 Å². The minimum absolute atomic E-state index is 0. The monoisotopic (exact) mass is 186 g/mol. The van der Waals surface area contributed by atoms with Gasteiger partial charge in [-0.3, -0.25) is 4.79 Å². The summed E-state index contributed by atoms with van der Waals surface area (Å²) in [5.74, 6) is -0.675. The van der Waals surface area contributed by atoms with Gasteiger partial charge in [0.05, 0.1) is 0 Å². The van der Waals surface area contributed by atoms with Crippen molar-refractivity contribution in [2.45, 2.75) is 39.0 Å². The number of carbonyl (C=O) groups is 1. The molecule has 0 fully saturated rings. The molecule has 0 aliphatic rings. The molecule has 0 spiro atoms. The average molecular weight is 186 g/mol. The average Bonchev–Trinajstić information content (AvgIpc) is 1.80. The van der Waals surface area contributed by atoms with Crippen LogP contribution in [0.1, 0.15) is 39.0 Å². The van der Waals surface area contributed by atoms with Crippen LogP contribution in [0.3, 0.4) is 0 Å². The molecule has 0 heterocycles. The first-order chi connectivity index (χ1) is 4.27. The van der Waals surface area contributed by atoms with Gasteiger partial charge in [-0.2, -0.15) is 0 Å². The third-order valence-corrected chi connectivity index (χ3v) is 1.24. The van der Waals surface area contributed by atoms with Crippen molar-refractivity contribution >= 4 is 5.97 Å². The quantitative estimate of drug-likeness (QED) is 0.526. The molecule has 0 rings (SSSR count). The normalized spacial score (nSPS) is 8.50. The van der Waals surface area contributed by atoms with E-state index >= 15 is 0 Å². The molecule has 1 N–H and O–H groups in total. The van der Waals surface area contributed by atoms with Gasteiger partial charge < -0.3 is 5.11 Å². The molecule has 0 saturated carbocycles. The van der Waals surface area contributed by atoms with Crippen LogP contribution in [0.15, 0.2) is 0 Å². The van der Waals surface area contributed by atoms with Gasteiger partial charge in [-0.15, -0.1) is 0 Å². The van der Waals surface area contributed by atoms with E-state index in [1.807, 2.05) is 0 Å². The standard InChI is InChI=1S/C7H14O2.Fe/c1-2-3-4-5-6-7(8)9;/h2-6H2,1H3,(H,8,9);. The van der Waals surface area contributed by atoms with Crippen LogP contribution in [0.2, 0.25) is 0 Å². The summed E-state index contributed by atoms with van der Waals surface area (Å²) >= 11 is 0. The van der Waals surface area contributed by atoms with Crippen molar-refractivity contribution in [3.05, 3.63) is 0 Å². The van der Waals surface area contributed by atoms with Crippen LogP contribution < -0.4 is 0 Å². The maximum absolute atomic E-state index is 9.96.